The fourth-order valence-corrected chi connectivity index (χ4v) is 2.29. The summed E-state index contributed by atoms with van der Waals surface area (Å²) in [6.07, 6.45) is 4.01. The van der Waals surface area contributed by atoms with Crippen LogP contribution in [0.5, 0.6) is 0 Å². The molecule has 1 aromatic carbocycles. The van der Waals surface area contributed by atoms with Crippen molar-refractivity contribution in [2.45, 2.75) is 19.4 Å². The van der Waals surface area contributed by atoms with Gasteiger partial charge in [-0.1, -0.05) is 12.6 Å². The molecule has 0 spiro atoms. The van der Waals surface area contributed by atoms with Crippen LogP contribution >= 0.6 is 0 Å². The van der Waals surface area contributed by atoms with E-state index in [1.165, 1.54) is 0 Å². The third-order valence-electron chi connectivity index (χ3n) is 3.74. The maximum Gasteiger partial charge on any atom is 0.256 e. The van der Waals surface area contributed by atoms with Crippen molar-refractivity contribution in [3.8, 4) is 0 Å². The van der Waals surface area contributed by atoms with E-state index in [1.54, 1.807) is 60.2 Å². The molecule has 0 radical (unpaired) electrons. The predicted molar refractivity (Wildman–Crippen MR) is 103 cm³/mol. The van der Waals surface area contributed by atoms with Gasteiger partial charge in [0, 0.05) is 50.6 Å². The second kappa shape index (κ2) is 9.33. The molecule has 0 fully saturated rings. The molecule has 2 aromatic rings. The van der Waals surface area contributed by atoms with Crippen LogP contribution < -0.4 is 10.6 Å². The lowest BCUT2D eigenvalue weighted by Gasteiger charge is -2.09. The van der Waals surface area contributed by atoms with Gasteiger partial charge in [0.2, 0.25) is 11.8 Å². The Kier molecular flexibility index (Phi) is 6.87. The molecule has 2 N–H and O–H groups in total. The van der Waals surface area contributed by atoms with E-state index in [4.69, 9.17) is 0 Å². The van der Waals surface area contributed by atoms with Crippen LogP contribution in [0, 0.1) is 0 Å². The number of hydrogen-bond donors (Lipinski definition) is 2. The molecule has 2 rings (SSSR count). The molecule has 0 bridgehead atoms. The molecule has 142 valence electrons. The Labute approximate surface area is 157 Å². The summed E-state index contributed by atoms with van der Waals surface area (Å²) >= 11 is 0. The van der Waals surface area contributed by atoms with Gasteiger partial charge >= 0.3 is 0 Å². The van der Waals surface area contributed by atoms with Crippen LogP contribution in [0.25, 0.3) is 0 Å². The quantitative estimate of drug-likeness (QED) is 0.697. The number of rotatable bonds is 8. The molecule has 3 amide bonds. The SMILES string of the molecule is C=CC(=O)Nc1cccc(C(=O)Nc2ccn(CCCC(=O)N(C)C)n2)c1. The van der Waals surface area contributed by atoms with E-state index in [0.29, 0.717) is 36.5 Å². The summed E-state index contributed by atoms with van der Waals surface area (Å²) in [6, 6.07) is 8.26. The summed E-state index contributed by atoms with van der Waals surface area (Å²) in [6.45, 7) is 3.97. The van der Waals surface area contributed by atoms with Gasteiger partial charge in [-0.3, -0.25) is 19.1 Å². The summed E-state index contributed by atoms with van der Waals surface area (Å²) in [5.41, 5.74) is 0.895. The maximum absolute atomic E-state index is 12.4. The molecule has 0 aliphatic heterocycles. The number of nitrogens with one attached hydrogen (secondary N) is 2. The van der Waals surface area contributed by atoms with Crippen LogP contribution in [-0.4, -0.2) is 46.5 Å². The van der Waals surface area contributed by atoms with Crippen molar-refractivity contribution in [2.75, 3.05) is 24.7 Å². The lowest BCUT2D eigenvalue weighted by molar-refractivity contribution is -0.128. The number of amides is 3. The van der Waals surface area contributed by atoms with Crippen molar-refractivity contribution in [3.63, 3.8) is 0 Å². The van der Waals surface area contributed by atoms with Crippen molar-refractivity contribution in [1.29, 1.82) is 0 Å². The third-order valence-corrected chi connectivity index (χ3v) is 3.74. The van der Waals surface area contributed by atoms with E-state index in [-0.39, 0.29) is 17.7 Å². The second-order valence-electron chi connectivity index (χ2n) is 6.08. The molecule has 1 aromatic heterocycles. The topological polar surface area (TPSA) is 96.3 Å². The first kappa shape index (κ1) is 19.9. The smallest absolute Gasteiger partial charge is 0.256 e. The number of aryl methyl sites for hydroxylation is 1. The third kappa shape index (κ3) is 6.10. The van der Waals surface area contributed by atoms with E-state index in [2.05, 4.69) is 22.3 Å². The van der Waals surface area contributed by atoms with Gasteiger partial charge < -0.3 is 15.5 Å². The first-order valence-corrected chi connectivity index (χ1v) is 8.47. The van der Waals surface area contributed by atoms with E-state index >= 15 is 0 Å². The van der Waals surface area contributed by atoms with Crippen LogP contribution in [-0.2, 0) is 16.1 Å². The molecular weight excluding hydrogens is 346 g/mol. The average molecular weight is 369 g/mol. The molecule has 0 aliphatic carbocycles. The van der Waals surface area contributed by atoms with Crippen LogP contribution in [0.1, 0.15) is 23.2 Å². The Balaban J connectivity index is 1.92. The minimum Gasteiger partial charge on any atom is -0.349 e. The normalized spacial score (nSPS) is 10.1. The Morgan fingerprint density at radius 1 is 1.22 bits per heavy atom. The summed E-state index contributed by atoms with van der Waals surface area (Å²) in [5.74, 6) is -0.199. The number of nitrogens with zero attached hydrogens (tertiary/aromatic N) is 3. The highest BCUT2D eigenvalue weighted by Gasteiger charge is 2.10. The summed E-state index contributed by atoms with van der Waals surface area (Å²) < 4.78 is 1.68. The van der Waals surface area contributed by atoms with Gasteiger partial charge in [-0.15, -0.1) is 0 Å². The Morgan fingerprint density at radius 3 is 2.70 bits per heavy atom. The molecular formula is C19H23N5O3. The molecule has 1 heterocycles. The number of benzene rings is 1. The standard InChI is InChI=1S/C19H23N5O3/c1-4-17(25)20-15-8-5-7-14(13-15)19(27)21-16-10-12-24(22-16)11-6-9-18(26)23(2)3/h4-5,7-8,10,12-13H,1,6,9,11H2,2-3H3,(H,20,25)(H,21,22,27). The Morgan fingerprint density at radius 2 is 2.00 bits per heavy atom. The van der Waals surface area contributed by atoms with Gasteiger partial charge in [0.15, 0.2) is 5.82 Å². The van der Waals surface area contributed by atoms with Gasteiger partial charge in [-0.2, -0.15) is 5.10 Å². The number of carbonyl (C=O) groups excluding carboxylic acids is 3. The monoisotopic (exact) mass is 369 g/mol. The lowest BCUT2D eigenvalue weighted by Crippen LogP contribution is -2.21. The minimum atomic E-state index is -0.348. The molecule has 0 aliphatic rings. The summed E-state index contributed by atoms with van der Waals surface area (Å²) in [7, 11) is 3.45. The molecule has 0 saturated carbocycles. The van der Waals surface area contributed by atoms with Crippen molar-refractivity contribution in [1.82, 2.24) is 14.7 Å². The number of anilines is 2. The molecule has 8 nitrogen and oxygen atoms in total. The largest absolute Gasteiger partial charge is 0.349 e. The van der Waals surface area contributed by atoms with Crippen LogP contribution in [0.2, 0.25) is 0 Å². The van der Waals surface area contributed by atoms with Crippen LogP contribution in [0.15, 0.2) is 49.2 Å². The molecule has 0 saturated heterocycles. The fraction of sp³-hybridized carbons (Fsp3) is 0.263. The van der Waals surface area contributed by atoms with E-state index in [0.717, 1.165) is 6.08 Å². The minimum absolute atomic E-state index is 0.0686. The molecule has 27 heavy (non-hydrogen) atoms. The van der Waals surface area contributed by atoms with Gasteiger partial charge in [-0.05, 0) is 30.7 Å². The van der Waals surface area contributed by atoms with Crippen LogP contribution in [0.4, 0.5) is 11.5 Å². The summed E-state index contributed by atoms with van der Waals surface area (Å²) in [5, 5.41) is 9.60. The van der Waals surface area contributed by atoms with Crippen molar-refractivity contribution in [3.05, 3.63) is 54.7 Å². The number of hydrogen-bond acceptors (Lipinski definition) is 4. The second-order valence-corrected chi connectivity index (χ2v) is 6.08. The highest BCUT2D eigenvalue weighted by Crippen LogP contribution is 2.13. The van der Waals surface area contributed by atoms with E-state index < -0.39 is 0 Å². The zero-order chi connectivity index (χ0) is 19.8. The van der Waals surface area contributed by atoms with E-state index in [9.17, 15) is 14.4 Å². The zero-order valence-electron chi connectivity index (χ0n) is 15.4. The Hall–Kier alpha value is -3.42. The van der Waals surface area contributed by atoms with Gasteiger partial charge in [0.1, 0.15) is 0 Å². The van der Waals surface area contributed by atoms with Gasteiger partial charge in [0.25, 0.3) is 5.91 Å². The fourth-order valence-electron chi connectivity index (χ4n) is 2.29. The average Bonchev–Trinajstić information content (AvgIpc) is 3.08. The lowest BCUT2D eigenvalue weighted by atomic mass is 10.2. The highest BCUT2D eigenvalue weighted by atomic mass is 16.2. The van der Waals surface area contributed by atoms with E-state index in [1.807, 2.05) is 0 Å². The van der Waals surface area contributed by atoms with Crippen molar-refractivity contribution < 1.29 is 14.4 Å². The van der Waals surface area contributed by atoms with Gasteiger partial charge in [-0.25, -0.2) is 0 Å². The van der Waals surface area contributed by atoms with Crippen molar-refractivity contribution in [2.24, 2.45) is 0 Å². The Bertz CT molecular complexity index is 841. The zero-order valence-corrected chi connectivity index (χ0v) is 15.4. The highest BCUT2D eigenvalue weighted by molar-refractivity contribution is 6.05. The van der Waals surface area contributed by atoms with Crippen molar-refractivity contribution >= 4 is 29.2 Å². The number of aromatic nitrogens is 2. The molecule has 0 unspecified atom stereocenters. The van der Waals surface area contributed by atoms with Gasteiger partial charge in [0.05, 0.1) is 0 Å². The van der Waals surface area contributed by atoms with Crippen LogP contribution in [0.3, 0.4) is 0 Å². The predicted octanol–water partition coefficient (Wildman–Crippen LogP) is 2.13. The molecule has 8 heteroatoms. The maximum atomic E-state index is 12.4. The summed E-state index contributed by atoms with van der Waals surface area (Å²) in [4.78, 5) is 36.8. The number of carbonyl (C=O) groups is 3. The first-order chi connectivity index (χ1) is 12.9. The first-order valence-electron chi connectivity index (χ1n) is 8.47. The molecule has 0 atom stereocenters.